The first kappa shape index (κ1) is 18.0. The van der Waals surface area contributed by atoms with Crippen LogP contribution < -0.4 is 0 Å². The summed E-state index contributed by atoms with van der Waals surface area (Å²) in [5.41, 5.74) is 1.15. The summed E-state index contributed by atoms with van der Waals surface area (Å²) < 4.78 is 0. The summed E-state index contributed by atoms with van der Waals surface area (Å²) in [5.74, 6) is 0.330. The van der Waals surface area contributed by atoms with E-state index in [2.05, 4.69) is 4.98 Å². The van der Waals surface area contributed by atoms with E-state index in [0.717, 1.165) is 41.9 Å². The van der Waals surface area contributed by atoms with Crippen molar-refractivity contribution in [2.45, 2.75) is 44.1 Å². The average molecular weight is 391 g/mol. The monoisotopic (exact) mass is 390 g/mol. The Morgan fingerprint density at radius 3 is 3.04 bits per heavy atom. The Morgan fingerprint density at radius 2 is 2.19 bits per heavy atom. The Morgan fingerprint density at radius 1 is 1.35 bits per heavy atom. The molecule has 0 unspecified atom stereocenters. The molecule has 1 saturated carbocycles. The van der Waals surface area contributed by atoms with Gasteiger partial charge in [0.25, 0.3) is 0 Å². The van der Waals surface area contributed by atoms with Crippen LogP contribution in [0.15, 0.2) is 29.6 Å². The van der Waals surface area contributed by atoms with E-state index in [1.54, 1.807) is 0 Å². The second kappa shape index (κ2) is 7.29. The highest BCUT2D eigenvalue weighted by Gasteiger charge is 2.43. The number of carbonyl (C=O) groups is 1. The molecule has 0 radical (unpaired) electrons. The SMILES string of the molecule is O=C(Cc1csc(-c2ccccc2Cl)n1)N1CC[C@@]2(O)CCCC[C@@H]2C1. The van der Waals surface area contributed by atoms with Crippen LogP contribution in [-0.4, -0.2) is 39.6 Å². The van der Waals surface area contributed by atoms with Gasteiger partial charge in [0, 0.05) is 30.0 Å². The molecule has 1 aliphatic carbocycles. The van der Waals surface area contributed by atoms with Crippen molar-refractivity contribution in [2.24, 2.45) is 5.92 Å². The average Bonchev–Trinajstić information content (AvgIpc) is 3.09. The van der Waals surface area contributed by atoms with Crippen LogP contribution in [0.2, 0.25) is 5.02 Å². The first-order valence-electron chi connectivity index (χ1n) is 9.25. The zero-order chi connectivity index (χ0) is 18.1. The minimum atomic E-state index is -0.549. The lowest BCUT2D eigenvalue weighted by atomic mass is 9.71. The van der Waals surface area contributed by atoms with E-state index in [1.807, 2.05) is 34.5 Å². The highest BCUT2D eigenvalue weighted by molar-refractivity contribution is 7.13. The van der Waals surface area contributed by atoms with Gasteiger partial charge in [-0.2, -0.15) is 0 Å². The van der Waals surface area contributed by atoms with Gasteiger partial charge in [-0.1, -0.05) is 42.6 Å². The summed E-state index contributed by atoms with van der Waals surface area (Å²) in [7, 11) is 0. The molecule has 2 aliphatic rings. The molecule has 6 heteroatoms. The molecule has 1 saturated heterocycles. The van der Waals surface area contributed by atoms with E-state index in [-0.39, 0.29) is 11.8 Å². The fourth-order valence-electron chi connectivity index (χ4n) is 4.21. The van der Waals surface area contributed by atoms with Crippen LogP contribution in [0.5, 0.6) is 0 Å². The standard InChI is InChI=1S/C20H23ClN2O2S/c21-17-7-2-1-6-16(17)19-22-15(13-26-19)11-18(24)23-10-9-20(25)8-4-3-5-14(20)12-23/h1-2,6-7,13-14,25H,3-5,8-12H2/t14-,20+/m1/s1. The van der Waals surface area contributed by atoms with Gasteiger partial charge in [0.2, 0.25) is 5.91 Å². The van der Waals surface area contributed by atoms with Crippen molar-refractivity contribution in [3.8, 4) is 10.6 Å². The summed E-state index contributed by atoms with van der Waals surface area (Å²) in [5, 5.41) is 14.2. The molecule has 2 aromatic rings. The van der Waals surface area contributed by atoms with Crippen molar-refractivity contribution in [2.75, 3.05) is 13.1 Å². The molecule has 0 bridgehead atoms. The predicted octanol–water partition coefficient (Wildman–Crippen LogP) is 4.16. The van der Waals surface area contributed by atoms with E-state index in [0.29, 0.717) is 31.0 Å². The molecule has 1 amide bonds. The highest BCUT2D eigenvalue weighted by Crippen LogP contribution is 2.40. The lowest BCUT2D eigenvalue weighted by molar-refractivity contribution is -0.142. The summed E-state index contributed by atoms with van der Waals surface area (Å²) in [6.07, 6.45) is 5.17. The van der Waals surface area contributed by atoms with E-state index < -0.39 is 5.60 Å². The third kappa shape index (κ3) is 3.53. The van der Waals surface area contributed by atoms with Crippen molar-refractivity contribution in [1.82, 2.24) is 9.88 Å². The van der Waals surface area contributed by atoms with Crippen LogP contribution in [0.4, 0.5) is 0 Å². The van der Waals surface area contributed by atoms with E-state index in [1.165, 1.54) is 11.3 Å². The molecule has 2 heterocycles. The number of aromatic nitrogens is 1. The summed E-state index contributed by atoms with van der Waals surface area (Å²) >= 11 is 7.76. The normalized spacial score (nSPS) is 25.8. The number of amides is 1. The Balaban J connectivity index is 1.42. The van der Waals surface area contributed by atoms with Crippen molar-refractivity contribution in [3.05, 3.63) is 40.4 Å². The number of hydrogen-bond acceptors (Lipinski definition) is 4. The Hall–Kier alpha value is -1.43. The third-order valence-corrected chi connectivity index (χ3v) is 7.02. The van der Waals surface area contributed by atoms with Crippen molar-refractivity contribution in [1.29, 1.82) is 0 Å². The second-order valence-electron chi connectivity index (χ2n) is 7.44. The number of piperidine rings is 1. The predicted molar refractivity (Wildman–Crippen MR) is 104 cm³/mol. The zero-order valence-corrected chi connectivity index (χ0v) is 16.2. The molecule has 2 fully saturated rings. The van der Waals surface area contributed by atoms with Crippen LogP contribution in [0.3, 0.4) is 0 Å². The maximum atomic E-state index is 12.7. The fraction of sp³-hybridized carbons (Fsp3) is 0.500. The van der Waals surface area contributed by atoms with E-state index in [9.17, 15) is 9.90 Å². The molecule has 2 atom stereocenters. The minimum Gasteiger partial charge on any atom is -0.389 e. The van der Waals surface area contributed by atoms with Crippen molar-refractivity contribution >= 4 is 28.8 Å². The van der Waals surface area contributed by atoms with Gasteiger partial charge in [-0.15, -0.1) is 11.3 Å². The number of thiazole rings is 1. The molecule has 1 aliphatic heterocycles. The molecule has 0 spiro atoms. The topological polar surface area (TPSA) is 53.4 Å². The third-order valence-electron chi connectivity index (χ3n) is 5.77. The van der Waals surface area contributed by atoms with Crippen LogP contribution in [0.25, 0.3) is 10.6 Å². The van der Waals surface area contributed by atoms with Gasteiger partial charge < -0.3 is 10.0 Å². The van der Waals surface area contributed by atoms with Gasteiger partial charge >= 0.3 is 0 Å². The van der Waals surface area contributed by atoms with Crippen molar-refractivity contribution < 1.29 is 9.90 Å². The van der Waals surface area contributed by atoms with Crippen LogP contribution in [-0.2, 0) is 11.2 Å². The molecule has 1 aromatic heterocycles. The molecule has 138 valence electrons. The van der Waals surface area contributed by atoms with E-state index >= 15 is 0 Å². The maximum Gasteiger partial charge on any atom is 0.228 e. The molecular formula is C20H23ClN2O2S. The highest BCUT2D eigenvalue weighted by atomic mass is 35.5. The number of rotatable bonds is 3. The fourth-order valence-corrected chi connectivity index (χ4v) is 5.35. The quantitative estimate of drug-likeness (QED) is 0.856. The smallest absolute Gasteiger partial charge is 0.228 e. The number of carbonyl (C=O) groups excluding carboxylic acids is 1. The van der Waals surface area contributed by atoms with Crippen LogP contribution in [0, 0.1) is 5.92 Å². The van der Waals surface area contributed by atoms with Gasteiger partial charge in [-0.3, -0.25) is 4.79 Å². The summed E-state index contributed by atoms with van der Waals surface area (Å²) in [6, 6.07) is 7.63. The number of likely N-dealkylation sites (tertiary alicyclic amines) is 1. The number of hydrogen-bond donors (Lipinski definition) is 1. The van der Waals surface area contributed by atoms with E-state index in [4.69, 9.17) is 11.6 Å². The minimum absolute atomic E-state index is 0.105. The molecule has 1 aromatic carbocycles. The number of halogens is 1. The first-order valence-corrected chi connectivity index (χ1v) is 10.5. The van der Waals surface area contributed by atoms with Gasteiger partial charge in [0.05, 0.1) is 22.7 Å². The molecule has 26 heavy (non-hydrogen) atoms. The Labute approximate surface area is 162 Å². The number of benzene rings is 1. The lowest BCUT2D eigenvalue weighted by Crippen LogP contribution is -2.54. The molecule has 4 rings (SSSR count). The molecule has 4 nitrogen and oxygen atoms in total. The Kier molecular flexibility index (Phi) is 5.04. The Bertz CT molecular complexity index is 809. The van der Waals surface area contributed by atoms with Gasteiger partial charge in [-0.25, -0.2) is 4.98 Å². The summed E-state index contributed by atoms with van der Waals surface area (Å²) in [4.78, 5) is 19.3. The van der Waals surface area contributed by atoms with Gasteiger partial charge in [0.1, 0.15) is 5.01 Å². The molecular weight excluding hydrogens is 368 g/mol. The van der Waals surface area contributed by atoms with Gasteiger partial charge in [0.15, 0.2) is 0 Å². The largest absolute Gasteiger partial charge is 0.389 e. The van der Waals surface area contributed by atoms with Crippen LogP contribution in [0.1, 0.15) is 37.8 Å². The lowest BCUT2D eigenvalue weighted by Gasteiger charge is -2.47. The molecule has 1 N–H and O–H groups in total. The van der Waals surface area contributed by atoms with Crippen molar-refractivity contribution in [3.63, 3.8) is 0 Å². The summed E-state index contributed by atoms with van der Waals surface area (Å²) in [6.45, 7) is 1.32. The number of aliphatic hydroxyl groups is 1. The second-order valence-corrected chi connectivity index (χ2v) is 8.70. The van der Waals surface area contributed by atoms with Gasteiger partial charge in [-0.05, 0) is 25.3 Å². The number of fused-ring (bicyclic) bond motifs is 1. The maximum absolute atomic E-state index is 12.7. The van der Waals surface area contributed by atoms with Crippen LogP contribution >= 0.6 is 22.9 Å². The zero-order valence-electron chi connectivity index (χ0n) is 14.7. The first-order chi connectivity index (χ1) is 12.5. The number of nitrogens with zero attached hydrogens (tertiary/aromatic N) is 2.